The summed E-state index contributed by atoms with van der Waals surface area (Å²) in [5.41, 5.74) is 3.02. The summed E-state index contributed by atoms with van der Waals surface area (Å²) in [6.45, 7) is 3.92. The van der Waals surface area contributed by atoms with Gasteiger partial charge in [0.05, 0.1) is 24.5 Å². The number of anilines is 3. The van der Waals surface area contributed by atoms with Crippen LogP contribution in [0, 0.1) is 6.92 Å². The minimum atomic E-state index is -0.283. The number of carbonyl (C=O) groups excluding carboxylic acids is 3. The van der Waals surface area contributed by atoms with E-state index in [-0.39, 0.29) is 43.3 Å². The van der Waals surface area contributed by atoms with Gasteiger partial charge in [0.2, 0.25) is 17.7 Å². The van der Waals surface area contributed by atoms with Crippen LogP contribution in [0.25, 0.3) is 0 Å². The molecule has 0 aliphatic carbocycles. The second-order valence-corrected chi connectivity index (χ2v) is 8.42. The zero-order chi connectivity index (χ0) is 21.8. The number of rotatable bonds is 5. The Labute approximate surface area is 184 Å². The van der Waals surface area contributed by atoms with E-state index in [0.717, 1.165) is 10.0 Å². The number of nitrogens with zero attached hydrogens (tertiary/aromatic N) is 2. The molecule has 2 aromatic carbocycles. The Balaban J connectivity index is 1.65. The molecular weight excluding hydrogens is 448 g/mol. The highest BCUT2D eigenvalue weighted by Gasteiger charge is 2.30. The summed E-state index contributed by atoms with van der Waals surface area (Å²) in [6.07, 6.45) is 0.216. The average Bonchev–Trinajstić information content (AvgIpc) is 2.78. The van der Waals surface area contributed by atoms with Crippen molar-refractivity contribution in [2.75, 3.05) is 35.7 Å². The van der Waals surface area contributed by atoms with E-state index in [0.29, 0.717) is 17.1 Å². The molecule has 1 heterocycles. The SMILES string of the molecule is Cc1cc(NC(=O)CN(C)CC(=O)N2c3ccccc3NC(=O)CC2C)ccc1Br. The summed E-state index contributed by atoms with van der Waals surface area (Å²) in [5, 5.41) is 5.70. The van der Waals surface area contributed by atoms with Gasteiger partial charge in [-0.3, -0.25) is 19.3 Å². The van der Waals surface area contributed by atoms with E-state index >= 15 is 0 Å². The normalized spacial score (nSPS) is 16.0. The third-order valence-corrected chi connectivity index (χ3v) is 5.78. The fourth-order valence-corrected chi connectivity index (χ4v) is 3.75. The molecule has 0 aromatic heterocycles. The molecule has 1 aliphatic heterocycles. The summed E-state index contributed by atoms with van der Waals surface area (Å²) in [6, 6.07) is 12.5. The lowest BCUT2D eigenvalue weighted by atomic mass is 10.1. The summed E-state index contributed by atoms with van der Waals surface area (Å²) < 4.78 is 0.975. The number of amides is 3. The highest BCUT2D eigenvalue weighted by Crippen LogP contribution is 2.31. The number of hydrogen-bond acceptors (Lipinski definition) is 4. The van der Waals surface area contributed by atoms with Crippen molar-refractivity contribution in [3.05, 3.63) is 52.5 Å². The Morgan fingerprint density at radius 3 is 2.70 bits per heavy atom. The van der Waals surface area contributed by atoms with Crippen LogP contribution in [0.2, 0.25) is 0 Å². The van der Waals surface area contributed by atoms with Gasteiger partial charge in [-0.25, -0.2) is 0 Å². The van der Waals surface area contributed by atoms with Crippen LogP contribution < -0.4 is 15.5 Å². The van der Waals surface area contributed by atoms with Crippen molar-refractivity contribution in [1.29, 1.82) is 0 Å². The van der Waals surface area contributed by atoms with Crippen LogP contribution in [0.3, 0.4) is 0 Å². The number of hydrogen-bond donors (Lipinski definition) is 2. The van der Waals surface area contributed by atoms with Gasteiger partial charge < -0.3 is 15.5 Å². The van der Waals surface area contributed by atoms with Crippen molar-refractivity contribution in [3.63, 3.8) is 0 Å². The first-order chi connectivity index (χ1) is 14.2. The van der Waals surface area contributed by atoms with E-state index in [1.165, 1.54) is 0 Å². The molecule has 0 saturated heterocycles. The van der Waals surface area contributed by atoms with Crippen LogP contribution in [0.5, 0.6) is 0 Å². The molecular formula is C22H25BrN4O3. The number of likely N-dealkylation sites (N-methyl/N-ethyl adjacent to an activating group) is 1. The molecule has 3 amide bonds. The minimum absolute atomic E-state index is 0.0552. The Hall–Kier alpha value is -2.71. The van der Waals surface area contributed by atoms with Gasteiger partial charge in [0, 0.05) is 22.6 Å². The standard InChI is InChI=1S/C22H25BrN4O3/c1-14-10-16(8-9-17(14)23)24-21(29)12-26(3)13-22(30)27-15(2)11-20(28)25-18-6-4-5-7-19(18)27/h4-10,15H,11-13H2,1-3H3,(H,24,29)(H,25,28). The van der Waals surface area contributed by atoms with E-state index in [2.05, 4.69) is 26.6 Å². The number of fused-ring (bicyclic) bond motifs is 1. The quantitative estimate of drug-likeness (QED) is 0.698. The highest BCUT2D eigenvalue weighted by molar-refractivity contribution is 9.10. The maximum absolute atomic E-state index is 13.1. The molecule has 0 spiro atoms. The van der Waals surface area contributed by atoms with Crippen molar-refractivity contribution >= 4 is 50.7 Å². The minimum Gasteiger partial charge on any atom is -0.325 e. The second kappa shape index (κ2) is 9.40. The fraction of sp³-hybridized carbons (Fsp3) is 0.318. The Morgan fingerprint density at radius 1 is 1.23 bits per heavy atom. The predicted octanol–water partition coefficient (Wildman–Crippen LogP) is 3.39. The predicted molar refractivity (Wildman–Crippen MR) is 122 cm³/mol. The van der Waals surface area contributed by atoms with Gasteiger partial charge >= 0.3 is 0 Å². The third-order valence-electron chi connectivity index (χ3n) is 4.89. The summed E-state index contributed by atoms with van der Waals surface area (Å²) in [7, 11) is 1.72. The molecule has 1 unspecified atom stereocenters. The second-order valence-electron chi connectivity index (χ2n) is 7.57. The van der Waals surface area contributed by atoms with Gasteiger partial charge in [0.15, 0.2) is 0 Å². The molecule has 0 fully saturated rings. The van der Waals surface area contributed by atoms with Crippen LogP contribution in [-0.2, 0) is 14.4 Å². The average molecular weight is 473 g/mol. The Morgan fingerprint density at radius 2 is 1.97 bits per heavy atom. The van der Waals surface area contributed by atoms with Crippen molar-refractivity contribution in [2.45, 2.75) is 26.3 Å². The first kappa shape index (κ1) is 22.0. The smallest absolute Gasteiger partial charge is 0.241 e. The number of para-hydroxylation sites is 2. The molecule has 0 radical (unpaired) electrons. The molecule has 0 saturated carbocycles. The maximum Gasteiger partial charge on any atom is 0.241 e. The van der Waals surface area contributed by atoms with Crippen molar-refractivity contribution in [2.24, 2.45) is 0 Å². The monoisotopic (exact) mass is 472 g/mol. The van der Waals surface area contributed by atoms with E-state index in [1.807, 2.05) is 50.2 Å². The van der Waals surface area contributed by atoms with Gasteiger partial charge in [-0.05, 0) is 56.8 Å². The molecule has 3 rings (SSSR count). The molecule has 2 aromatic rings. The summed E-state index contributed by atoms with van der Waals surface area (Å²) >= 11 is 3.44. The van der Waals surface area contributed by atoms with E-state index in [1.54, 1.807) is 22.9 Å². The molecule has 1 aliphatic rings. The highest BCUT2D eigenvalue weighted by atomic mass is 79.9. The number of nitrogens with one attached hydrogen (secondary N) is 2. The lowest BCUT2D eigenvalue weighted by Gasteiger charge is -2.29. The summed E-state index contributed by atoms with van der Waals surface area (Å²) in [4.78, 5) is 40.9. The van der Waals surface area contributed by atoms with E-state index in [9.17, 15) is 14.4 Å². The Kier molecular flexibility index (Phi) is 6.89. The third kappa shape index (κ3) is 5.25. The first-order valence-corrected chi connectivity index (χ1v) is 10.5. The molecule has 2 N–H and O–H groups in total. The number of halogens is 1. The number of carbonyl (C=O) groups is 3. The van der Waals surface area contributed by atoms with Crippen molar-refractivity contribution < 1.29 is 14.4 Å². The van der Waals surface area contributed by atoms with E-state index in [4.69, 9.17) is 0 Å². The van der Waals surface area contributed by atoms with Gasteiger partial charge in [0.1, 0.15) is 0 Å². The van der Waals surface area contributed by atoms with E-state index < -0.39 is 0 Å². The largest absolute Gasteiger partial charge is 0.325 e. The van der Waals surface area contributed by atoms with Crippen LogP contribution >= 0.6 is 15.9 Å². The lowest BCUT2D eigenvalue weighted by molar-refractivity contribution is -0.121. The van der Waals surface area contributed by atoms with Crippen LogP contribution in [0.1, 0.15) is 18.9 Å². The lowest BCUT2D eigenvalue weighted by Crippen LogP contribution is -2.45. The maximum atomic E-state index is 13.1. The molecule has 0 bridgehead atoms. The van der Waals surface area contributed by atoms with Crippen LogP contribution in [-0.4, -0.2) is 48.8 Å². The zero-order valence-electron chi connectivity index (χ0n) is 17.2. The van der Waals surface area contributed by atoms with Crippen LogP contribution in [0.4, 0.5) is 17.1 Å². The molecule has 1 atom stereocenters. The summed E-state index contributed by atoms with van der Waals surface area (Å²) in [5.74, 6) is -0.489. The topological polar surface area (TPSA) is 81.8 Å². The molecule has 8 heteroatoms. The molecule has 158 valence electrons. The first-order valence-electron chi connectivity index (χ1n) is 9.70. The van der Waals surface area contributed by atoms with Crippen LogP contribution in [0.15, 0.2) is 46.9 Å². The van der Waals surface area contributed by atoms with Gasteiger partial charge in [-0.2, -0.15) is 0 Å². The zero-order valence-corrected chi connectivity index (χ0v) is 18.8. The van der Waals surface area contributed by atoms with Gasteiger partial charge in [-0.1, -0.05) is 28.1 Å². The molecule has 30 heavy (non-hydrogen) atoms. The number of benzene rings is 2. The number of aryl methyl sites for hydroxylation is 1. The Bertz CT molecular complexity index is 979. The van der Waals surface area contributed by atoms with Gasteiger partial charge in [0.25, 0.3) is 0 Å². The van der Waals surface area contributed by atoms with Gasteiger partial charge in [-0.15, -0.1) is 0 Å². The van der Waals surface area contributed by atoms with Crippen molar-refractivity contribution in [3.8, 4) is 0 Å². The van der Waals surface area contributed by atoms with Crippen molar-refractivity contribution in [1.82, 2.24) is 4.90 Å². The fourth-order valence-electron chi connectivity index (χ4n) is 3.50. The molecule has 7 nitrogen and oxygen atoms in total.